The summed E-state index contributed by atoms with van der Waals surface area (Å²) in [7, 11) is 0. The Morgan fingerprint density at radius 2 is 1.89 bits per heavy atom. The van der Waals surface area contributed by atoms with E-state index >= 15 is 0 Å². The van der Waals surface area contributed by atoms with Crippen molar-refractivity contribution in [1.29, 1.82) is 5.26 Å². The second-order valence-electron chi connectivity index (χ2n) is 7.73. The summed E-state index contributed by atoms with van der Waals surface area (Å²) < 4.78 is 0. The van der Waals surface area contributed by atoms with Gasteiger partial charge in [0.15, 0.2) is 0 Å². The molecule has 0 aromatic heterocycles. The summed E-state index contributed by atoms with van der Waals surface area (Å²) in [6.07, 6.45) is 3.29. The van der Waals surface area contributed by atoms with Crippen LogP contribution in [-0.2, 0) is 6.54 Å². The summed E-state index contributed by atoms with van der Waals surface area (Å²) in [5.74, 6) is 0. The predicted molar refractivity (Wildman–Crippen MR) is 116 cm³/mol. The summed E-state index contributed by atoms with van der Waals surface area (Å²) in [6.45, 7) is 6.00. The van der Waals surface area contributed by atoms with Crippen LogP contribution in [0.2, 0.25) is 0 Å². The van der Waals surface area contributed by atoms with E-state index in [0.717, 1.165) is 56.7 Å². The molecule has 0 aliphatic carbocycles. The second kappa shape index (κ2) is 9.59. The van der Waals surface area contributed by atoms with Crippen LogP contribution in [0.15, 0.2) is 48.5 Å². The van der Waals surface area contributed by atoms with Crippen molar-refractivity contribution in [2.45, 2.75) is 44.8 Å². The molecule has 1 heterocycles. The average molecular weight is 378 g/mol. The lowest BCUT2D eigenvalue weighted by Gasteiger charge is -2.42. The highest BCUT2D eigenvalue weighted by Gasteiger charge is 2.27. The van der Waals surface area contributed by atoms with E-state index < -0.39 is 0 Å². The largest absolute Gasteiger partial charge is 0.399 e. The SMILES string of the molecule is CC(CCN)N1CCC(N(Cc2cccc(C#N)c2)c2ccc(N)cc2)CC1. The zero-order valence-electron chi connectivity index (χ0n) is 16.7. The number of hydrogen-bond donors (Lipinski definition) is 2. The molecule has 2 aromatic carbocycles. The molecule has 1 atom stereocenters. The van der Waals surface area contributed by atoms with Gasteiger partial charge in [0, 0.05) is 43.1 Å². The molecule has 1 aliphatic heterocycles. The van der Waals surface area contributed by atoms with Gasteiger partial charge in [0.05, 0.1) is 11.6 Å². The number of piperidine rings is 1. The Balaban J connectivity index is 1.77. The molecule has 4 N–H and O–H groups in total. The fraction of sp³-hybridized carbons (Fsp3) is 0.435. The lowest BCUT2D eigenvalue weighted by molar-refractivity contribution is 0.154. The highest BCUT2D eigenvalue weighted by atomic mass is 15.2. The van der Waals surface area contributed by atoms with Crippen LogP contribution in [0.3, 0.4) is 0 Å². The third-order valence-corrected chi connectivity index (χ3v) is 5.78. The molecule has 1 saturated heterocycles. The Bertz CT molecular complexity index is 787. The van der Waals surface area contributed by atoms with Crippen molar-refractivity contribution in [3.63, 3.8) is 0 Å². The smallest absolute Gasteiger partial charge is 0.0991 e. The number of nitrogens with zero attached hydrogens (tertiary/aromatic N) is 3. The Labute approximate surface area is 168 Å². The molecule has 2 aromatic rings. The lowest BCUT2D eigenvalue weighted by atomic mass is 9.99. The molecule has 0 spiro atoms. The van der Waals surface area contributed by atoms with Gasteiger partial charge in [0.2, 0.25) is 0 Å². The molecule has 148 valence electrons. The van der Waals surface area contributed by atoms with Crippen LogP contribution in [0.1, 0.15) is 37.3 Å². The summed E-state index contributed by atoms with van der Waals surface area (Å²) in [5, 5.41) is 9.23. The van der Waals surface area contributed by atoms with Gasteiger partial charge in [-0.25, -0.2) is 0 Å². The number of anilines is 2. The normalized spacial score (nSPS) is 16.5. The summed E-state index contributed by atoms with van der Waals surface area (Å²) in [5.41, 5.74) is 15.5. The number of benzene rings is 2. The van der Waals surface area contributed by atoms with Crippen LogP contribution in [-0.4, -0.2) is 36.6 Å². The van der Waals surface area contributed by atoms with Crippen molar-refractivity contribution in [2.75, 3.05) is 30.3 Å². The molecule has 3 rings (SSSR count). The molecule has 28 heavy (non-hydrogen) atoms. The van der Waals surface area contributed by atoms with Crippen LogP contribution >= 0.6 is 0 Å². The average Bonchev–Trinajstić information content (AvgIpc) is 2.73. The number of rotatable bonds is 7. The van der Waals surface area contributed by atoms with E-state index in [1.165, 1.54) is 5.69 Å². The Kier molecular flexibility index (Phi) is 6.91. The van der Waals surface area contributed by atoms with Gasteiger partial charge >= 0.3 is 0 Å². The molecule has 1 fully saturated rings. The summed E-state index contributed by atoms with van der Waals surface area (Å²) >= 11 is 0. The minimum atomic E-state index is 0.468. The lowest BCUT2D eigenvalue weighted by Crippen LogP contribution is -2.47. The van der Waals surface area contributed by atoms with Crippen LogP contribution in [0.4, 0.5) is 11.4 Å². The number of hydrogen-bond acceptors (Lipinski definition) is 5. The molecule has 5 heteroatoms. The molecule has 5 nitrogen and oxygen atoms in total. The molecule has 0 saturated carbocycles. The van der Waals surface area contributed by atoms with Crippen LogP contribution in [0.5, 0.6) is 0 Å². The molecule has 0 amide bonds. The first-order valence-corrected chi connectivity index (χ1v) is 10.2. The Morgan fingerprint density at radius 1 is 1.18 bits per heavy atom. The van der Waals surface area contributed by atoms with Gasteiger partial charge in [0.1, 0.15) is 0 Å². The van der Waals surface area contributed by atoms with Gasteiger partial charge in [-0.1, -0.05) is 12.1 Å². The first-order chi connectivity index (χ1) is 13.6. The third kappa shape index (κ3) is 5.03. The highest BCUT2D eigenvalue weighted by Crippen LogP contribution is 2.27. The van der Waals surface area contributed by atoms with Gasteiger partial charge in [0.25, 0.3) is 0 Å². The van der Waals surface area contributed by atoms with Crippen molar-refractivity contribution in [1.82, 2.24) is 4.90 Å². The third-order valence-electron chi connectivity index (χ3n) is 5.78. The number of nitriles is 1. The standard InChI is InChI=1S/C23H31N5/c1-18(9-12-24)27-13-10-23(11-14-27)28(22-7-5-21(26)6-8-22)17-20-4-2-3-19(15-20)16-25/h2-8,15,18,23H,9-14,17,24,26H2,1H3. The molecular weight excluding hydrogens is 346 g/mol. The van der Waals surface area contributed by atoms with E-state index in [-0.39, 0.29) is 0 Å². The number of nitrogen functional groups attached to an aromatic ring is 1. The maximum absolute atomic E-state index is 9.23. The maximum Gasteiger partial charge on any atom is 0.0991 e. The highest BCUT2D eigenvalue weighted by molar-refractivity contribution is 5.54. The van der Waals surface area contributed by atoms with Crippen LogP contribution in [0, 0.1) is 11.3 Å². The quantitative estimate of drug-likeness (QED) is 0.723. The van der Waals surface area contributed by atoms with E-state index in [1.807, 2.05) is 30.3 Å². The molecule has 1 aliphatic rings. The van der Waals surface area contributed by atoms with Crippen molar-refractivity contribution < 1.29 is 0 Å². The van der Waals surface area contributed by atoms with Gasteiger partial charge in [-0.3, -0.25) is 0 Å². The van der Waals surface area contributed by atoms with E-state index in [1.54, 1.807) is 0 Å². The van der Waals surface area contributed by atoms with E-state index in [4.69, 9.17) is 11.5 Å². The van der Waals surface area contributed by atoms with Gasteiger partial charge in [-0.15, -0.1) is 0 Å². The fourth-order valence-electron chi connectivity index (χ4n) is 4.09. The first-order valence-electron chi connectivity index (χ1n) is 10.2. The Hall–Kier alpha value is -2.55. The number of nitrogens with two attached hydrogens (primary N) is 2. The van der Waals surface area contributed by atoms with E-state index in [2.05, 4.69) is 41.0 Å². The minimum Gasteiger partial charge on any atom is -0.399 e. The summed E-state index contributed by atoms with van der Waals surface area (Å²) in [6, 6.07) is 19.3. The van der Waals surface area contributed by atoms with E-state index in [9.17, 15) is 5.26 Å². The van der Waals surface area contributed by atoms with Crippen molar-refractivity contribution in [3.05, 3.63) is 59.7 Å². The first kappa shape index (κ1) is 20.2. The fourth-order valence-corrected chi connectivity index (χ4v) is 4.09. The minimum absolute atomic E-state index is 0.468. The molecule has 0 radical (unpaired) electrons. The Morgan fingerprint density at radius 3 is 2.54 bits per heavy atom. The van der Waals surface area contributed by atoms with E-state index in [0.29, 0.717) is 17.6 Å². The number of likely N-dealkylation sites (tertiary alicyclic amines) is 1. The summed E-state index contributed by atoms with van der Waals surface area (Å²) in [4.78, 5) is 5.03. The molecule has 0 bridgehead atoms. The monoisotopic (exact) mass is 377 g/mol. The van der Waals surface area contributed by atoms with Crippen LogP contribution in [0.25, 0.3) is 0 Å². The van der Waals surface area contributed by atoms with Crippen molar-refractivity contribution in [3.8, 4) is 6.07 Å². The zero-order chi connectivity index (χ0) is 19.9. The maximum atomic E-state index is 9.23. The van der Waals surface area contributed by atoms with Gasteiger partial charge in [-0.2, -0.15) is 5.26 Å². The zero-order valence-corrected chi connectivity index (χ0v) is 16.7. The molecule has 1 unspecified atom stereocenters. The second-order valence-corrected chi connectivity index (χ2v) is 7.73. The topological polar surface area (TPSA) is 82.3 Å². The van der Waals surface area contributed by atoms with Gasteiger partial charge < -0.3 is 21.3 Å². The van der Waals surface area contributed by atoms with Gasteiger partial charge in [-0.05, 0) is 74.7 Å². The van der Waals surface area contributed by atoms with Crippen molar-refractivity contribution >= 4 is 11.4 Å². The van der Waals surface area contributed by atoms with Crippen molar-refractivity contribution in [2.24, 2.45) is 5.73 Å². The molecular formula is C23H31N5. The van der Waals surface area contributed by atoms with Crippen LogP contribution < -0.4 is 16.4 Å². The predicted octanol–water partition coefficient (Wildman–Crippen LogP) is 3.35.